The van der Waals surface area contributed by atoms with E-state index >= 15 is 0 Å². The van der Waals surface area contributed by atoms with E-state index in [0.29, 0.717) is 13.2 Å². The van der Waals surface area contributed by atoms with Crippen molar-refractivity contribution in [2.45, 2.75) is 13.5 Å². The summed E-state index contributed by atoms with van der Waals surface area (Å²) in [5.74, 6) is 0.764. The third-order valence-corrected chi connectivity index (χ3v) is 3.05. The van der Waals surface area contributed by atoms with Crippen LogP contribution in [0.15, 0.2) is 41.9 Å². The number of nitrogens with one attached hydrogen (secondary N) is 2. The number of nitrogens with zero attached hydrogens (tertiary/aromatic N) is 4. The molecule has 0 saturated carbocycles. The van der Waals surface area contributed by atoms with Gasteiger partial charge in [0.1, 0.15) is 12.7 Å². The first-order valence-corrected chi connectivity index (χ1v) is 7.29. The van der Waals surface area contributed by atoms with Crippen molar-refractivity contribution in [3.8, 4) is 5.69 Å². The second-order valence-electron chi connectivity index (χ2n) is 4.56. The number of rotatable bonds is 7. The van der Waals surface area contributed by atoms with E-state index in [4.69, 9.17) is 4.74 Å². The van der Waals surface area contributed by atoms with Gasteiger partial charge in [-0.25, -0.2) is 9.67 Å². The van der Waals surface area contributed by atoms with Gasteiger partial charge in [0.05, 0.1) is 12.3 Å². The van der Waals surface area contributed by atoms with Crippen LogP contribution >= 0.6 is 0 Å². The smallest absolute Gasteiger partial charge is 0.191 e. The molecule has 0 amide bonds. The molecule has 7 nitrogen and oxygen atoms in total. The number of benzene rings is 1. The van der Waals surface area contributed by atoms with Crippen LogP contribution in [0.2, 0.25) is 0 Å². The van der Waals surface area contributed by atoms with Crippen molar-refractivity contribution >= 4 is 5.96 Å². The van der Waals surface area contributed by atoms with E-state index in [9.17, 15) is 0 Å². The van der Waals surface area contributed by atoms with E-state index in [1.54, 1.807) is 18.1 Å². The third-order valence-electron chi connectivity index (χ3n) is 3.05. The van der Waals surface area contributed by atoms with Gasteiger partial charge < -0.3 is 15.4 Å². The average molecular weight is 302 g/mol. The molecule has 2 rings (SSSR count). The lowest BCUT2D eigenvalue weighted by molar-refractivity contribution is 0.152. The predicted molar refractivity (Wildman–Crippen MR) is 86.1 cm³/mol. The van der Waals surface area contributed by atoms with E-state index in [-0.39, 0.29) is 0 Å². The summed E-state index contributed by atoms with van der Waals surface area (Å²) in [6.45, 7) is 4.82. The summed E-state index contributed by atoms with van der Waals surface area (Å²) >= 11 is 0. The van der Waals surface area contributed by atoms with Gasteiger partial charge >= 0.3 is 0 Å². The maximum Gasteiger partial charge on any atom is 0.191 e. The number of guanidine groups is 1. The number of hydrogen-bond donors (Lipinski definition) is 2. The van der Waals surface area contributed by atoms with Crippen LogP contribution in [0, 0.1) is 0 Å². The Labute approximate surface area is 130 Å². The van der Waals surface area contributed by atoms with Gasteiger partial charge in [-0.05, 0) is 24.6 Å². The third kappa shape index (κ3) is 4.85. The Morgan fingerprint density at radius 3 is 2.73 bits per heavy atom. The van der Waals surface area contributed by atoms with Crippen LogP contribution in [0.5, 0.6) is 0 Å². The summed E-state index contributed by atoms with van der Waals surface area (Å²) in [4.78, 5) is 8.11. The van der Waals surface area contributed by atoms with Gasteiger partial charge in [0, 0.05) is 26.7 Å². The van der Waals surface area contributed by atoms with Crippen molar-refractivity contribution in [1.82, 2.24) is 25.4 Å². The van der Waals surface area contributed by atoms with Gasteiger partial charge in [-0.15, -0.1) is 0 Å². The molecule has 0 spiro atoms. The molecule has 0 saturated heterocycles. The first kappa shape index (κ1) is 16.0. The standard InChI is InChI=1S/C15H22N6O/c1-3-22-9-8-18-15(16-2)19-10-13-4-6-14(7-5-13)21-12-17-11-20-21/h4-7,11-12H,3,8-10H2,1-2H3,(H2,16,18,19). The molecular formula is C15H22N6O. The predicted octanol–water partition coefficient (Wildman–Crippen LogP) is 0.969. The van der Waals surface area contributed by atoms with E-state index in [0.717, 1.165) is 30.4 Å². The molecule has 0 fully saturated rings. The normalized spacial score (nSPS) is 11.5. The molecule has 0 unspecified atom stereocenters. The van der Waals surface area contributed by atoms with Crippen LogP contribution in [-0.4, -0.2) is 47.5 Å². The molecule has 0 atom stereocenters. The Kier molecular flexibility index (Phi) is 6.38. The first-order valence-electron chi connectivity index (χ1n) is 7.29. The maximum absolute atomic E-state index is 5.28. The lowest BCUT2D eigenvalue weighted by Gasteiger charge is -2.12. The lowest BCUT2D eigenvalue weighted by atomic mass is 10.2. The molecule has 1 heterocycles. The van der Waals surface area contributed by atoms with Gasteiger partial charge in [-0.1, -0.05) is 12.1 Å². The molecule has 1 aromatic heterocycles. The molecule has 2 N–H and O–H groups in total. The molecule has 0 bridgehead atoms. The zero-order chi connectivity index (χ0) is 15.6. The summed E-state index contributed by atoms with van der Waals surface area (Å²) in [6, 6.07) is 8.13. The van der Waals surface area contributed by atoms with Crippen molar-refractivity contribution in [2.75, 3.05) is 26.8 Å². The summed E-state index contributed by atoms with van der Waals surface area (Å²) in [5.41, 5.74) is 2.15. The SMILES string of the molecule is CCOCCNC(=NC)NCc1ccc(-n2cncn2)cc1. The molecule has 0 radical (unpaired) electrons. The Hall–Kier alpha value is -2.41. The van der Waals surface area contributed by atoms with Gasteiger partial charge in [0.2, 0.25) is 0 Å². The second-order valence-corrected chi connectivity index (χ2v) is 4.56. The zero-order valence-electron chi connectivity index (χ0n) is 13.0. The summed E-state index contributed by atoms with van der Waals surface area (Å²) in [5, 5.41) is 10.6. The van der Waals surface area contributed by atoms with Crippen molar-refractivity contribution in [3.05, 3.63) is 42.5 Å². The molecule has 1 aromatic carbocycles. The molecule has 0 aliphatic rings. The average Bonchev–Trinajstić information content (AvgIpc) is 3.09. The fourth-order valence-electron chi connectivity index (χ4n) is 1.90. The van der Waals surface area contributed by atoms with E-state index in [1.165, 1.54) is 6.33 Å². The Balaban J connectivity index is 1.80. The summed E-state index contributed by atoms with van der Waals surface area (Å²) in [7, 11) is 1.75. The summed E-state index contributed by atoms with van der Waals surface area (Å²) in [6.07, 6.45) is 3.20. The highest BCUT2D eigenvalue weighted by molar-refractivity contribution is 5.79. The number of aromatic nitrogens is 3. The Morgan fingerprint density at radius 1 is 1.27 bits per heavy atom. The highest BCUT2D eigenvalue weighted by atomic mass is 16.5. The Morgan fingerprint density at radius 2 is 2.09 bits per heavy atom. The minimum atomic E-state index is 0.670. The minimum absolute atomic E-state index is 0.670. The van der Waals surface area contributed by atoms with Gasteiger partial charge in [-0.2, -0.15) is 5.10 Å². The fraction of sp³-hybridized carbons (Fsp3) is 0.400. The number of hydrogen-bond acceptors (Lipinski definition) is 4. The van der Waals surface area contributed by atoms with Gasteiger partial charge in [0.15, 0.2) is 5.96 Å². The van der Waals surface area contributed by atoms with Gasteiger partial charge in [0.25, 0.3) is 0 Å². The molecule has 22 heavy (non-hydrogen) atoms. The van der Waals surface area contributed by atoms with Crippen molar-refractivity contribution in [3.63, 3.8) is 0 Å². The van der Waals surface area contributed by atoms with Crippen LogP contribution in [-0.2, 0) is 11.3 Å². The molecule has 2 aromatic rings. The van der Waals surface area contributed by atoms with Crippen molar-refractivity contribution < 1.29 is 4.74 Å². The van der Waals surface area contributed by atoms with Crippen LogP contribution in [0.4, 0.5) is 0 Å². The number of ether oxygens (including phenoxy) is 1. The quantitative estimate of drug-likeness (QED) is 0.453. The van der Waals surface area contributed by atoms with Crippen LogP contribution < -0.4 is 10.6 Å². The Bertz CT molecular complexity index is 564. The highest BCUT2D eigenvalue weighted by Crippen LogP contribution is 2.07. The highest BCUT2D eigenvalue weighted by Gasteiger charge is 2.00. The molecule has 118 valence electrons. The lowest BCUT2D eigenvalue weighted by Crippen LogP contribution is -2.38. The molecule has 0 aliphatic heterocycles. The van der Waals surface area contributed by atoms with Crippen LogP contribution in [0.3, 0.4) is 0 Å². The molecular weight excluding hydrogens is 280 g/mol. The van der Waals surface area contributed by atoms with Crippen LogP contribution in [0.25, 0.3) is 5.69 Å². The summed E-state index contributed by atoms with van der Waals surface area (Å²) < 4.78 is 7.01. The maximum atomic E-state index is 5.28. The van der Waals surface area contributed by atoms with E-state index in [2.05, 4.69) is 37.8 Å². The van der Waals surface area contributed by atoms with E-state index < -0.39 is 0 Å². The van der Waals surface area contributed by atoms with Crippen molar-refractivity contribution in [2.24, 2.45) is 4.99 Å². The zero-order valence-corrected chi connectivity index (χ0v) is 13.0. The molecule has 7 heteroatoms. The van der Waals surface area contributed by atoms with Crippen molar-refractivity contribution in [1.29, 1.82) is 0 Å². The second kappa shape index (κ2) is 8.78. The minimum Gasteiger partial charge on any atom is -0.380 e. The van der Waals surface area contributed by atoms with Crippen LogP contribution in [0.1, 0.15) is 12.5 Å². The van der Waals surface area contributed by atoms with Gasteiger partial charge in [-0.3, -0.25) is 4.99 Å². The number of aliphatic imine (C=N–C) groups is 1. The first-order chi connectivity index (χ1) is 10.8. The largest absolute Gasteiger partial charge is 0.380 e. The fourth-order valence-corrected chi connectivity index (χ4v) is 1.90. The monoisotopic (exact) mass is 302 g/mol. The molecule has 0 aliphatic carbocycles. The van der Waals surface area contributed by atoms with E-state index in [1.807, 2.05) is 19.1 Å². The topological polar surface area (TPSA) is 76.4 Å².